The van der Waals surface area contributed by atoms with Crippen molar-refractivity contribution in [2.24, 2.45) is 0 Å². The molecule has 1 aromatic heterocycles. The van der Waals surface area contributed by atoms with Gasteiger partial charge in [-0.1, -0.05) is 25.5 Å². The molecule has 1 saturated carbocycles. The van der Waals surface area contributed by atoms with Crippen molar-refractivity contribution in [1.82, 2.24) is 9.78 Å². The Kier molecular flexibility index (Phi) is 2.71. The van der Waals surface area contributed by atoms with Gasteiger partial charge >= 0.3 is 0 Å². The second-order valence-electron chi connectivity index (χ2n) is 4.91. The summed E-state index contributed by atoms with van der Waals surface area (Å²) in [4.78, 5) is 0. The van der Waals surface area contributed by atoms with Crippen molar-refractivity contribution < 1.29 is 0 Å². The van der Waals surface area contributed by atoms with Gasteiger partial charge in [0.25, 0.3) is 0 Å². The third-order valence-electron chi connectivity index (χ3n) is 3.39. The highest BCUT2D eigenvalue weighted by Crippen LogP contribution is 2.39. The molecule has 1 fully saturated rings. The average molecular weight is 226 g/mol. The van der Waals surface area contributed by atoms with Crippen LogP contribution in [0, 0.1) is 0 Å². The molecule has 1 aliphatic rings. The van der Waals surface area contributed by atoms with Gasteiger partial charge in [-0.05, 0) is 48.4 Å². The molecule has 0 aliphatic heterocycles. The van der Waals surface area contributed by atoms with E-state index in [0.717, 1.165) is 18.0 Å². The first-order valence-corrected chi connectivity index (χ1v) is 6.50. The van der Waals surface area contributed by atoms with Gasteiger partial charge in [0, 0.05) is 6.20 Å². The first kappa shape index (κ1) is 10.6. The van der Waals surface area contributed by atoms with Crippen LogP contribution in [0.1, 0.15) is 43.2 Å². The Morgan fingerprint density at radius 3 is 2.65 bits per heavy atom. The summed E-state index contributed by atoms with van der Waals surface area (Å²) < 4.78 is 1.99. The highest BCUT2D eigenvalue weighted by Gasteiger charge is 2.24. The van der Waals surface area contributed by atoms with Gasteiger partial charge in [-0.3, -0.25) is 0 Å². The molecule has 3 rings (SSSR count). The van der Waals surface area contributed by atoms with Gasteiger partial charge in [-0.15, -0.1) is 0 Å². The lowest BCUT2D eigenvalue weighted by molar-refractivity contribution is 0.874. The molecule has 0 spiro atoms. The first-order valence-electron chi connectivity index (χ1n) is 6.50. The minimum atomic E-state index is 0.781. The number of benzene rings is 1. The van der Waals surface area contributed by atoms with Crippen molar-refractivity contribution in [3.8, 4) is 5.69 Å². The van der Waals surface area contributed by atoms with Gasteiger partial charge in [0.05, 0.1) is 11.9 Å². The highest BCUT2D eigenvalue weighted by atomic mass is 15.3. The zero-order valence-corrected chi connectivity index (χ0v) is 10.3. The van der Waals surface area contributed by atoms with Crippen LogP contribution in [0.15, 0.2) is 36.7 Å². The summed E-state index contributed by atoms with van der Waals surface area (Å²) in [7, 11) is 0. The summed E-state index contributed by atoms with van der Waals surface area (Å²) in [6.07, 6.45) is 9.21. The van der Waals surface area contributed by atoms with E-state index in [1.807, 2.05) is 10.9 Å². The maximum Gasteiger partial charge on any atom is 0.0645 e. The Morgan fingerprint density at radius 1 is 1.24 bits per heavy atom. The standard InChI is InChI=1S/C15H18N2/c1-2-3-12-4-8-15(9-5-12)17-11-14(10-16-17)13-6-7-13/h4-5,8-11,13H,2-3,6-7H2,1H3. The number of hydrogen-bond acceptors (Lipinski definition) is 1. The lowest BCUT2D eigenvalue weighted by Crippen LogP contribution is -1.94. The average Bonchev–Trinajstić information content (AvgIpc) is 3.09. The summed E-state index contributed by atoms with van der Waals surface area (Å²) in [5.74, 6) is 0.781. The Bertz CT molecular complexity index is 492. The molecule has 0 bridgehead atoms. The molecule has 0 saturated heterocycles. The van der Waals surface area contributed by atoms with E-state index in [1.165, 1.54) is 30.4 Å². The molecule has 0 atom stereocenters. The lowest BCUT2D eigenvalue weighted by atomic mass is 10.1. The first-order chi connectivity index (χ1) is 8.36. The van der Waals surface area contributed by atoms with Gasteiger partial charge in [0.2, 0.25) is 0 Å². The summed E-state index contributed by atoms with van der Waals surface area (Å²) in [5.41, 5.74) is 3.96. The molecule has 1 aliphatic carbocycles. The Balaban J connectivity index is 1.81. The van der Waals surface area contributed by atoms with Crippen molar-refractivity contribution >= 4 is 0 Å². The summed E-state index contributed by atoms with van der Waals surface area (Å²) >= 11 is 0. The third kappa shape index (κ3) is 2.26. The van der Waals surface area contributed by atoms with E-state index < -0.39 is 0 Å². The number of aromatic nitrogens is 2. The minimum absolute atomic E-state index is 0.781. The summed E-state index contributed by atoms with van der Waals surface area (Å²) in [6, 6.07) is 8.73. The molecule has 0 amide bonds. The van der Waals surface area contributed by atoms with E-state index in [4.69, 9.17) is 0 Å². The largest absolute Gasteiger partial charge is 0.241 e. The molecule has 88 valence electrons. The molecule has 2 aromatic rings. The van der Waals surface area contributed by atoms with Crippen LogP contribution < -0.4 is 0 Å². The topological polar surface area (TPSA) is 17.8 Å². The molecule has 2 heteroatoms. The SMILES string of the molecule is CCCc1ccc(-n2cc(C3CC3)cn2)cc1. The highest BCUT2D eigenvalue weighted by molar-refractivity contribution is 5.35. The van der Waals surface area contributed by atoms with Crippen LogP contribution in [0.2, 0.25) is 0 Å². The van der Waals surface area contributed by atoms with E-state index >= 15 is 0 Å². The molecular formula is C15H18N2. The van der Waals surface area contributed by atoms with Crippen LogP contribution in [-0.4, -0.2) is 9.78 Å². The van der Waals surface area contributed by atoms with Crippen LogP contribution in [0.5, 0.6) is 0 Å². The third-order valence-corrected chi connectivity index (χ3v) is 3.39. The fraction of sp³-hybridized carbons (Fsp3) is 0.400. The quantitative estimate of drug-likeness (QED) is 0.777. The molecular weight excluding hydrogens is 208 g/mol. The second kappa shape index (κ2) is 4.36. The van der Waals surface area contributed by atoms with Crippen molar-refractivity contribution in [3.63, 3.8) is 0 Å². The number of hydrogen-bond donors (Lipinski definition) is 0. The maximum absolute atomic E-state index is 4.44. The molecule has 1 heterocycles. The smallest absolute Gasteiger partial charge is 0.0645 e. The van der Waals surface area contributed by atoms with Crippen molar-refractivity contribution in [1.29, 1.82) is 0 Å². The molecule has 1 aromatic carbocycles. The van der Waals surface area contributed by atoms with Crippen LogP contribution in [0.4, 0.5) is 0 Å². The van der Waals surface area contributed by atoms with E-state index in [0.29, 0.717) is 0 Å². The Morgan fingerprint density at radius 2 is 2.00 bits per heavy atom. The van der Waals surface area contributed by atoms with Crippen LogP contribution in [0.25, 0.3) is 5.69 Å². The monoisotopic (exact) mass is 226 g/mol. The number of aryl methyl sites for hydroxylation is 1. The van der Waals surface area contributed by atoms with Gasteiger partial charge in [-0.25, -0.2) is 4.68 Å². The van der Waals surface area contributed by atoms with Crippen LogP contribution >= 0.6 is 0 Å². The molecule has 0 N–H and O–H groups in total. The zero-order chi connectivity index (χ0) is 11.7. The predicted octanol–water partition coefficient (Wildman–Crippen LogP) is 3.70. The van der Waals surface area contributed by atoms with E-state index in [9.17, 15) is 0 Å². The second-order valence-corrected chi connectivity index (χ2v) is 4.91. The van der Waals surface area contributed by atoms with Crippen molar-refractivity contribution in [2.45, 2.75) is 38.5 Å². The maximum atomic E-state index is 4.44. The van der Waals surface area contributed by atoms with E-state index in [1.54, 1.807) is 0 Å². The molecule has 2 nitrogen and oxygen atoms in total. The fourth-order valence-corrected chi connectivity index (χ4v) is 2.21. The molecule has 17 heavy (non-hydrogen) atoms. The van der Waals surface area contributed by atoms with Gasteiger partial charge in [0.15, 0.2) is 0 Å². The Hall–Kier alpha value is -1.57. The van der Waals surface area contributed by atoms with Crippen molar-refractivity contribution in [2.75, 3.05) is 0 Å². The van der Waals surface area contributed by atoms with Gasteiger partial charge in [-0.2, -0.15) is 5.10 Å². The van der Waals surface area contributed by atoms with Gasteiger partial charge in [0.1, 0.15) is 0 Å². The summed E-state index contributed by atoms with van der Waals surface area (Å²) in [5, 5.41) is 4.44. The number of rotatable bonds is 4. The normalized spacial score (nSPS) is 15.1. The van der Waals surface area contributed by atoms with Gasteiger partial charge < -0.3 is 0 Å². The fourth-order valence-electron chi connectivity index (χ4n) is 2.21. The number of nitrogens with zero attached hydrogens (tertiary/aromatic N) is 2. The summed E-state index contributed by atoms with van der Waals surface area (Å²) in [6.45, 7) is 2.21. The van der Waals surface area contributed by atoms with E-state index in [2.05, 4.69) is 42.5 Å². The molecule has 0 unspecified atom stereocenters. The van der Waals surface area contributed by atoms with Crippen molar-refractivity contribution in [3.05, 3.63) is 47.8 Å². The van der Waals surface area contributed by atoms with E-state index in [-0.39, 0.29) is 0 Å². The minimum Gasteiger partial charge on any atom is -0.241 e. The lowest BCUT2D eigenvalue weighted by Gasteiger charge is -2.03. The van der Waals surface area contributed by atoms with Crippen LogP contribution in [0.3, 0.4) is 0 Å². The Labute approximate surface area is 102 Å². The molecule has 0 radical (unpaired) electrons. The zero-order valence-electron chi connectivity index (χ0n) is 10.3. The predicted molar refractivity (Wildman–Crippen MR) is 69.5 cm³/mol. The van der Waals surface area contributed by atoms with Crippen LogP contribution in [-0.2, 0) is 6.42 Å².